The maximum Gasteiger partial charge on any atom is 0.335 e. The van der Waals surface area contributed by atoms with E-state index in [2.05, 4.69) is 5.32 Å². The summed E-state index contributed by atoms with van der Waals surface area (Å²) in [7, 11) is 0. The normalized spacial score (nSPS) is 14.6. The standard InChI is InChI=1S/C28H18N2O8/c31-24-21-20(22(29-24)16-7-4-8-17(11-16)26(33)34)25(32)30(23(21)15-5-2-1-3-6-15)13-14-9-18(27(35)36)12-19(10-14)28(37)38/h1-12H,13H2,(H,29,31)(H,33,34)(H,35,36)(H,37,38). The molecule has 0 unspecified atom stereocenters. The molecule has 3 aromatic carbocycles. The summed E-state index contributed by atoms with van der Waals surface area (Å²) >= 11 is 0. The molecule has 0 aliphatic carbocycles. The molecule has 2 aliphatic heterocycles. The minimum absolute atomic E-state index is 0.0282. The van der Waals surface area contributed by atoms with Crippen LogP contribution in [0.2, 0.25) is 0 Å². The fraction of sp³-hybridized carbons (Fsp3) is 0.0357. The molecule has 0 saturated carbocycles. The topological polar surface area (TPSA) is 161 Å². The van der Waals surface area contributed by atoms with Crippen molar-refractivity contribution in [2.45, 2.75) is 6.54 Å². The van der Waals surface area contributed by atoms with Gasteiger partial charge in [0, 0.05) is 0 Å². The Bertz CT molecular complexity index is 1600. The molecular weight excluding hydrogens is 492 g/mol. The van der Waals surface area contributed by atoms with Gasteiger partial charge in [0.2, 0.25) is 0 Å². The number of hydrogen-bond acceptors (Lipinski definition) is 5. The number of rotatable bonds is 7. The highest BCUT2D eigenvalue weighted by Crippen LogP contribution is 2.43. The molecule has 0 fully saturated rings. The predicted octanol–water partition coefficient (Wildman–Crippen LogP) is 3.08. The number of benzene rings is 3. The molecule has 0 aromatic heterocycles. The van der Waals surface area contributed by atoms with E-state index in [4.69, 9.17) is 0 Å². The van der Waals surface area contributed by atoms with Crippen LogP contribution in [-0.2, 0) is 16.1 Å². The van der Waals surface area contributed by atoms with Gasteiger partial charge in [-0.25, -0.2) is 14.4 Å². The molecule has 2 heterocycles. The Morgan fingerprint density at radius 2 is 1.29 bits per heavy atom. The molecule has 0 spiro atoms. The van der Waals surface area contributed by atoms with Crippen molar-refractivity contribution in [2.75, 3.05) is 0 Å². The lowest BCUT2D eigenvalue weighted by Crippen LogP contribution is -2.27. The number of carbonyl (C=O) groups excluding carboxylic acids is 2. The first-order chi connectivity index (χ1) is 18.2. The smallest absolute Gasteiger partial charge is 0.335 e. The lowest BCUT2D eigenvalue weighted by atomic mass is 10.0. The van der Waals surface area contributed by atoms with Crippen molar-refractivity contribution >= 4 is 41.1 Å². The Kier molecular flexibility index (Phi) is 5.84. The second kappa shape index (κ2) is 9.17. The Balaban J connectivity index is 1.69. The van der Waals surface area contributed by atoms with Crippen LogP contribution in [0.5, 0.6) is 0 Å². The minimum Gasteiger partial charge on any atom is -0.478 e. The van der Waals surface area contributed by atoms with E-state index in [1.54, 1.807) is 36.4 Å². The van der Waals surface area contributed by atoms with Crippen LogP contribution in [0.3, 0.4) is 0 Å². The van der Waals surface area contributed by atoms with Gasteiger partial charge in [-0.05, 0) is 47.0 Å². The average Bonchev–Trinajstić information content (AvgIpc) is 3.39. The van der Waals surface area contributed by atoms with E-state index >= 15 is 0 Å². The van der Waals surface area contributed by atoms with Crippen LogP contribution >= 0.6 is 0 Å². The third kappa shape index (κ3) is 4.09. The number of fused-ring (bicyclic) bond motifs is 1. The second-order valence-electron chi connectivity index (χ2n) is 8.60. The number of nitrogens with zero attached hydrogens (tertiary/aromatic N) is 1. The fourth-order valence-electron chi connectivity index (χ4n) is 4.57. The molecule has 10 nitrogen and oxygen atoms in total. The predicted molar refractivity (Wildman–Crippen MR) is 133 cm³/mol. The van der Waals surface area contributed by atoms with Gasteiger partial charge in [0.1, 0.15) is 0 Å². The van der Waals surface area contributed by atoms with Crippen molar-refractivity contribution in [3.05, 3.63) is 117 Å². The summed E-state index contributed by atoms with van der Waals surface area (Å²) in [6, 6.07) is 18.0. The zero-order valence-corrected chi connectivity index (χ0v) is 19.5. The van der Waals surface area contributed by atoms with Gasteiger partial charge in [-0.15, -0.1) is 0 Å². The Hall–Kier alpha value is -5.51. The van der Waals surface area contributed by atoms with Crippen molar-refractivity contribution in [2.24, 2.45) is 0 Å². The summed E-state index contributed by atoms with van der Waals surface area (Å²) in [5.41, 5.74) is 1.10. The van der Waals surface area contributed by atoms with Gasteiger partial charge >= 0.3 is 17.9 Å². The van der Waals surface area contributed by atoms with Crippen LogP contribution in [0.1, 0.15) is 47.8 Å². The third-order valence-corrected chi connectivity index (χ3v) is 6.20. The molecular formula is C28H18N2O8. The summed E-state index contributed by atoms with van der Waals surface area (Å²) in [6.07, 6.45) is 0. The van der Waals surface area contributed by atoms with E-state index in [0.717, 1.165) is 6.07 Å². The van der Waals surface area contributed by atoms with Crippen LogP contribution in [0, 0.1) is 0 Å². The van der Waals surface area contributed by atoms with Crippen molar-refractivity contribution < 1.29 is 39.3 Å². The van der Waals surface area contributed by atoms with Crippen LogP contribution < -0.4 is 5.32 Å². The Morgan fingerprint density at radius 1 is 0.684 bits per heavy atom. The molecule has 188 valence electrons. The van der Waals surface area contributed by atoms with Crippen LogP contribution in [-0.4, -0.2) is 49.9 Å². The molecule has 3 aromatic rings. The first-order valence-electron chi connectivity index (χ1n) is 11.3. The zero-order chi connectivity index (χ0) is 27.1. The largest absolute Gasteiger partial charge is 0.478 e. The number of nitrogens with one attached hydrogen (secondary N) is 1. The molecule has 38 heavy (non-hydrogen) atoms. The van der Waals surface area contributed by atoms with E-state index in [1.807, 2.05) is 0 Å². The van der Waals surface area contributed by atoms with E-state index in [-0.39, 0.29) is 51.3 Å². The lowest BCUT2D eigenvalue weighted by Gasteiger charge is -2.22. The van der Waals surface area contributed by atoms with Gasteiger partial charge in [0.25, 0.3) is 11.8 Å². The highest BCUT2D eigenvalue weighted by molar-refractivity contribution is 6.30. The number of amides is 2. The molecule has 5 rings (SSSR count). The van der Waals surface area contributed by atoms with E-state index in [9.17, 15) is 39.3 Å². The third-order valence-electron chi connectivity index (χ3n) is 6.20. The van der Waals surface area contributed by atoms with Crippen molar-refractivity contribution in [1.82, 2.24) is 10.2 Å². The quantitative estimate of drug-likeness (QED) is 0.377. The fourth-order valence-corrected chi connectivity index (χ4v) is 4.57. The van der Waals surface area contributed by atoms with Crippen molar-refractivity contribution in [3.63, 3.8) is 0 Å². The van der Waals surface area contributed by atoms with Crippen LogP contribution in [0.15, 0.2) is 83.9 Å². The maximum absolute atomic E-state index is 13.8. The van der Waals surface area contributed by atoms with Gasteiger partial charge < -0.3 is 25.5 Å². The molecule has 4 N–H and O–H groups in total. The van der Waals surface area contributed by atoms with Gasteiger partial charge in [0.05, 0.1) is 45.8 Å². The molecule has 10 heteroatoms. The summed E-state index contributed by atoms with van der Waals surface area (Å²) in [5, 5.41) is 31.0. The van der Waals surface area contributed by atoms with Gasteiger partial charge in [0.15, 0.2) is 0 Å². The SMILES string of the molecule is O=C1NC(c2cccc(C(=O)O)c2)=C2C(=O)N(Cc3cc(C(=O)O)cc(C(=O)O)c3)C(c3ccccc3)=C12. The minimum atomic E-state index is -1.33. The second-order valence-corrected chi connectivity index (χ2v) is 8.60. The first kappa shape index (κ1) is 24.2. The number of carboxylic acids is 3. The van der Waals surface area contributed by atoms with Gasteiger partial charge in [-0.3, -0.25) is 9.59 Å². The highest BCUT2D eigenvalue weighted by atomic mass is 16.4. The molecule has 0 atom stereocenters. The monoisotopic (exact) mass is 510 g/mol. The molecule has 0 radical (unpaired) electrons. The van der Waals surface area contributed by atoms with Crippen molar-refractivity contribution in [1.29, 1.82) is 0 Å². The van der Waals surface area contributed by atoms with Crippen LogP contribution in [0.25, 0.3) is 11.4 Å². The van der Waals surface area contributed by atoms with Crippen LogP contribution in [0.4, 0.5) is 0 Å². The molecule has 0 bridgehead atoms. The summed E-state index contributed by atoms with van der Waals surface area (Å²) < 4.78 is 0. The summed E-state index contributed by atoms with van der Waals surface area (Å²) in [6.45, 7) is -0.215. The first-order valence-corrected chi connectivity index (χ1v) is 11.3. The Labute approximate surface area is 214 Å². The maximum atomic E-state index is 13.8. The average molecular weight is 510 g/mol. The number of hydrogen-bond donors (Lipinski definition) is 4. The lowest BCUT2D eigenvalue weighted by molar-refractivity contribution is -0.123. The molecule has 2 amide bonds. The molecule has 2 aliphatic rings. The van der Waals surface area contributed by atoms with E-state index in [0.29, 0.717) is 11.1 Å². The summed E-state index contributed by atoms with van der Waals surface area (Å²) in [4.78, 5) is 63.1. The van der Waals surface area contributed by atoms with Crippen molar-refractivity contribution in [3.8, 4) is 0 Å². The Morgan fingerprint density at radius 3 is 1.89 bits per heavy atom. The van der Waals surface area contributed by atoms with Gasteiger partial charge in [-0.2, -0.15) is 0 Å². The van der Waals surface area contributed by atoms with E-state index < -0.39 is 29.7 Å². The number of carbonyl (C=O) groups is 5. The summed E-state index contributed by atoms with van der Waals surface area (Å²) in [5.74, 6) is -4.97. The molecule has 0 saturated heterocycles. The number of carboxylic acid groups (broad SMARTS) is 3. The van der Waals surface area contributed by atoms with E-state index in [1.165, 1.54) is 35.2 Å². The zero-order valence-electron chi connectivity index (χ0n) is 19.5. The van der Waals surface area contributed by atoms with Gasteiger partial charge in [-0.1, -0.05) is 42.5 Å². The highest BCUT2D eigenvalue weighted by Gasteiger charge is 2.45. The number of aromatic carboxylic acids is 3.